The van der Waals surface area contributed by atoms with Crippen molar-refractivity contribution in [2.75, 3.05) is 0 Å². The van der Waals surface area contributed by atoms with Crippen molar-refractivity contribution in [3.63, 3.8) is 0 Å². The van der Waals surface area contributed by atoms with Crippen LogP contribution in [0.3, 0.4) is 0 Å². The van der Waals surface area contributed by atoms with E-state index in [1.807, 2.05) is 0 Å². The largest absolute Gasteiger partial charge is 0.287 e. The summed E-state index contributed by atoms with van der Waals surface area (Å²) in [7, 11) is 0. The molecule has 3 heteroatoms. The number of carbonyl (C=O) groups is 1. The third-order valence-electron chi connectivity index (χ3n) is 1.35. The lowest BCUT2D eigenvalue weighted by Gasteiger charge is -1.97. The van der Waals surface area contributed by atoms with Gasteiger partial charge in [-0.05, 0) is 24.6 Å². The molecule has 0 amide bonds. The number of hydrogen-bond donors (Lipinski definition) is 0. The predicted octanol–water partition coefficient (Wildman–Crippen LogP) is 2.49. The number of rotatable bonds is 2. The van der Waals surface area contributed by atoms with Crippen LogP contribution in [-0.2, 0) is 0 Å². The Hall–Kier alpha value is -1.15. The molecule has 2 nitrogen and oxygen atoms in total. The van der Waals surface area contributed by atoms with Gasteiger partial charge in [0.05, 0.1) is 5.02 Å². The van der Waals surface area contributed by atoms with Crippen LogP contribution in [0.1, 0.15) is 17.4 Å². The van der Waals surface area contributed by atoms with Crippen molar-refractivity contribution in [3.8, 4) is 0 Å². The van der Waals surface area contributed by atoms with Crippen molar-refractivity contribution in [2.45, 2.75) is 6.92 Å². The molecule has 1 rings (SSSR count). The summed E-state index contributed by atoms with van der Waals surface area (Å²) in [5.74, 6) is -0.147. The van der Waals surface area contributed by atoms with Crippen molar-refractivity contribution in [3.05, 3.63) is 41.2 Å². The first-order chi connectivity index (χ1) is 5.61. The van der Waals surface area contributed by atoms with Gasteiger partial charge in [-0.2, -0.15) is 0 Å². The molecule has 0 N–H and O–H groups in total. The summed E-state index contributed by atoms with van der Waals surface area (Å²) in [6, 6.07) is 3.21. The molecular weight excluding hydrogens is 174 g/mol. The summed E-state index contributed by atoms with van der Waals surface area (Å²) in [4.78, 5) is 15.1. The minimum atomic E-state index is -0.147. The van der Waals surface area contributed by atoms with E-state index in [9.17, 15) is 4.79 Å². The van der Waals surface area contributed by atoms with Crippen molar-refractivity contribution in [1.82, 2.24) is 4.98 Å². The highest BCUT2D eigenvalue weighted by molar-refractivity contribution is 6.30. The van der Waals surface area contributed by atoms with Gasteiger partial charge in [0.25, 0.3) is 0 Å². The van der Waals surface area contributed by atoms with E-state index in [0.717, 1.165) is 0 Å². The standard InChI is InChI=1S/C9H8ClNO/c1-6(2)9(12)8-4-3-7(10)5-11-8/h3-5H,1H2,2H3. The molecule has 0 atom stereocenters. The molecule has 0 radical (unpaired) electrons. The van der Waals surface area contributed by atoms with Gasteiger partial charge >= 0.3 is 0 Å². The third-order valence-corrected chi connectivity index (χ3v) is 1.57. The topological polar surface area (TPSA) is 30.0 Å². The van der Waals surface area contributed by atoms with Crippen LogP contribution in [0.5, 0.6) is 0 Å². The lowest BCUT2D eigenvalue weighted by Crippen LogP contribution is -2.01. The minimum absolute atomic E-state index is 0.147. The van der Waals surface area contributed by atoms with E-state index in [2.05, 4.69) is 11.6 Å². The summed E-state index contributed by atoms with van der Waals surface area (Å²) < 4.78 is 0. The van der Waals surface area contributed by atoms with Crippen molar-refractivity contribution >= 4 is 17.4 Å². The van der Waals surface area contributed by atoms with Crippen LogP contribution < -0.4 is 0 Å². The maximum absolute atomic E-state index is 11.3. The van der Waals surface area contributed by atoms with Gasteiger partial charge in [-0.15, -0.1) is 0 Å². The van der Waals surface area contributed by atoms with Gasteiger partial charge in [0.1, 0.15) is 5.69 Å². The van der Waals surface area contributed by atoms with Gasteiger partial charge in [0, 0.05) is 6.20 Å². The Morgan fingerprint density at radius 3 is 2.67 bits per heavy atom. The molecule has 0 saturated carbocycles. The number of allylic oxidation sites excluding steroid dienone is 1. The summed E-state index contributed by atoms with van der Waals surface area (Å²) in [5.41, 5.74) is 0.858. The smallest absolute Gasteiger partial charge is 0.206 e. The van der Waals surface area contributed by atoms with E-state index in [1.165, 1.54) is 6.20 Å². The van der Waals surface area contributed by atoms with Crippen LogP contribution in [-0.4, -0.2) is 10.8 Å². The summed E-state index contributed by atoms with van der Waals surface area (Å²) in [6.45, 7) is 5.18. The number of halogens is 1. The van der Waals surface area contributed by atoms with Gasteiger partial charge in [-0.1, -0.05) is 18.2 Å². The zero-order valence-corrected chi connectivity index (χ0v) is 7.43. The lowest BCUT2D eigenvalue weighted by molar-refractivity contribution is 0.103. The molecule has 0 spiro atoms. The normalized spacial score (nSPS) is 9.50. The first-order valence-corrected chi connectivity index (χ1v) is 3.81. The number of carbonyl (C=O) groups excluding carboxylic acids is 1. The van der Waals surface area contributed by atoms with Gasteiger partial charge in [0.2, 0.25) is 5.78 Å². The molecule has 0 unspecified atom stereocenters. The second-order valence-corrected chi connectivity index (χ2v) is 2.91. The Kier molecular flexibility index (Phi) is 2.61. The predicted molar refractivity (Wildman–Crippen MR) is 48.4 cm³/mol. The average molecular weight is 182 g/mol. The fourth-order valence-electron chi connectivity index (χ4n) is 0.729. The Morgan fingerprint density at radius 2 is 2.25 bits per heavy atom. The average Bonchev–Trinajstić information content (AvgIpc) is 2.04. The molecule has 1 heterocycles. The quantitative estimate of drug-likeness (QED) is 0.518. The zero-order valence-electron chi connectivity index (χ0n) is 6.67. The van der Waals surface area contributed by atoms with Gasteiger partial charge in [0.15, 0.2) is 0 Å². The molecule has 0 aliphatic rings. The fourth-order valence-corrected chi connectivity index (χ4v) is 0.841. The minimum Gasteiger partial charge on any atom is -0.287 e. The molecule has 0 aliphatic heterocycles. The van der Waals surface area contributed by atoms with E-state index in [1.54, 1.807) is 19.1 Å². The molecule has 0 aromatic carbocycles. The van der Waals surface area contributed by atoms with Crippen LogP contribution in [0.15, 0.2) is 30.5 Å². The molecule has 0 aliphatic carbocycles. The van der Waals surface area contributed by atoms with Crippen LogP contribution >= 0.6 is 11.6 Å². The van der Waals surface area contributed by atoms with Crippen LogP contribution in [0.2, 0.25) is 5.02 Å². The first kappa shape index (κ1) is 8.94. The molecular formula is C9H8ClNO. The number of pyridine rings is 1. The van der Waals surface area contributed by atoms with Crippen molar-refractivity contribution < 1.29 is 4.79 Å². The van der Waals surface area contributed by atoms with E-state index < -0.39 is 0 Å². The molecule has 1 aromatic rings. The van der Waals surface area contributed by atoms with Crippen LogP contribution in [0, 0.1) is 0 Å². The Bertz CT molecular complexity index is 316. The highest BCUT2D eigenvalue weighted by Crippen LogP contribution is 2.08. The number of ketones is 1. The first-order valence-electron chi connectivity index (χ1n) is 3.43. The van der Waals surface area contributed by atoms with E-state index in [4.69, 9.17) is 11.6 Å². The molecule has 12 heavy (non-hydrogen) atoms. The number of aromatic nitrogens is 1. The van der Waals surface area contributed by atoms with Crippen molar-refractivity contribution in [2.24, 2.45) is 0 Å². The molecule has 0 saturated heterocycles. The van der Waals surface area contributed by atoms with Gasteiger partial charge < -0.3 is 0 Å². The molecule has 62 valence electrons. The van der Waals surface area contributed by atoms with Gasteiger partial charge in [-0.25, -0.2) is 0 Å². The number of hydrogen-bond acceptors (Lipinski definition) is 2. The molecule has 0 bridgehead atoms. The lowest BCUT2D eigenvalue weighted by atomic mass is 10.1. The monoisotopic (exact) mass is 181 g/mol. The fraction of sp³-hybridized carbons (Fsp3) is 0.111. The van der Waals surface area contributed by atoms with Gasteiger partial charge in [-0.3, -0.25) is 9.78 Å². The Morgan fingerprint density at radius 1 is 1.58 bits per heavy atom. The maximum Gasteiger partial charge on any atom is 0.206 e. The maximum atomic E-state index is 11.3. The number of Topliss-reactive ketones (excluding diaryl/α,β-unsaturated/α-hetero) is 1. The number of nitrogens with zero attached hydrogens (tertiary/aromatic N) is 1. The SMILES string of the molecule is C=C(C)C(=O)c1ccc(Cl)cn1. The second kappa shape index (κ2) is 3.50. The Balaban J connectivity index is 2.98. The second-order valence-electron chi connectivity index (χ2n) is 2.47. The highest BCUT2D eigenvalue weighted by atomic mass is 35.5. The zero-order chi connectivity index (χ0) is 9.14. The molecule has 0 fully saturated rings. The summed E-state index contributed by atoms with van der Waals surface area (Å²) >= 11 is 5.60. The third kappa shape index (κ3) is 1.92. The van der Waals surface area contributed by atoms with Crippen LogP contribution in [0.4, 0.5) is 0 Å². The van der Waals surface area contributed by atoms with E-state index in [0.29, 0.717) is 16.3 Å². The van der Waals surface area contributed by atoms with E-state index >= 15 is 0 Å². The summed E-state index contributed by atoms with van der Waals surface area (Å²) in [6.07, 6.45) is 1.44. The van der Waals surface area contributed by atoms with E-state index in [-0.39, 0.29) is 5.78 Å². The van der Waals surface area contributed by atoms with Crippen LogP contribution in [0.25, 0.3) is 0 Å². The van der Waals surface area contributed by atoms with Crippen molar-refractivity contribution in [1.29, 1.82) is 0 Å². The summed E-state index contributed by atoms with van der Waals surface area (Å²) in [5, 5.41) is 0.522. The molecule has 1 aromatic heterocycles. The Labute approximate surface area is 75.9 Å². The highest BCUT2D eigenvalue weighted by Gasteiger charge is 2.06.